The first-order chi connectivity index (χ1) is 11.6. The SMILES string of the molecule is CC(=O)[C@H]1CC[C@@]2(O)[C@]1(C)CC[C@@H]1[C@]3(C)CC[C@H](O)CC3=CC[C@]12O. The highest BCUT2D eigenvalue weighted by molar-refractivity contribution is 5.80. The molecule has 0 aromatic carbocycles. The van der Waals surface area contributed by atoms with Gasteiger partial charge in [-0.15, -0.1) is 0 Å². The van der Waals surface area contributed by atoms with Gasteiger partial charge in [-0.1, -0.05) is 25.5 Å². The second-order valence-electron chi connectivity index (χ2n) is 9.74. The summed E-state index contributed by atoms with van der Waals surface area (Å²) in [5.74, 6) is -0.0235. The number of Topliss-reactive ketones (excluding diaryl/α,β-unsaturated/α-hetero) is 1. The number of hydrogen-bond acceptors (Lipinski definition) is 4. The molecular weight excluding hydrogens is 316 g/mol. The number of aliphatic hydroxyl groups is 3. The normalized spacial score (nSPS) is 55.0. The van der Waals surface area contributed by atoms with Crippen LogP contribution in [0.15, 0.2) is 11.6 Å². The molecule has 0 radical (unpaired) electrons. The second-order valence-corrected chi connectivity index (χ2v) is 9.74. The van der Waals surface area contributed by atoms with Gasteiger partial charge in [0.05, 0.1) is 11.7 Å². The lowest BCUT2D eigenvalue weighted by Gasteiger charge is -2.65. The van der Waals surface area contributed by atoms with Gasteiger partial charge >= 0.3 is 0 Å². The van der Waals surface area contributed by atoms with E-state index in [0.717, 1.165) is 25.7 Å². The maximum Gasteiger partial charge on any atom is 0.133 e. The lowest BCUT2D eigenvalue weighted by Crippen LogP contribution is -2.71. The van der Waals surface area contributed by atoms with Crippen molar-refractivity contribution in [1.29, 1.82) is 0 Å². The van der Waals surface area contributed by atoms with Crippen molar-refractivity contribution in [2.45, 2.75) is 89.4 Å². The molecule has 0 unspecified atom stereocenters. The summed E-state index contributed by atoms with van der Waals surface area (Å²) in [6, 6.07) is 0. The quantitative estimate of drug-likeness (QED) is 0.637. The van der Waals surface area contributed by atoms with Crippen LogP contribution in [0.5, 0.6) is 0 Å². The number of aliphatic hydroxyl groups excluding tert-OH is 1. The minimum absolute atomic E-state index is 0.00344. The van der Waals surface area contributed by atoms with Gasteiger partial charge in [-0.05, 0) is 69.6 Å². The Balaban J connectivity index is 1.79. The molecule has 4 heteroatoms. The lowest BCUT2D eigenvalue weighted by atomic mass is 9.43. The molecule has 3 N–H and O–H groups in total. The first kappa shape index (κ1) is 17.7. The summed E-state index contributed by atoms with van der Waals surface area (Å²) in [7, 11) is 0. The van der Waals surface area contributed by atoms with Gasteiger partial charge in [0.1, 0.15) is 11.4 Å². The van der Waals surface area contributed by atoms with Gasteiger partial charge in [0, 0.05) is 11.3 Å². The molecule has 3 fully saturated rings. The van der Waals surface area contributed by atoms with Gasteiger partial charge in [0.25, 0.3) is 0 Å². The van der Waals surface area contributed by atoms with Crippen LogP contribution in [-0.4, -0.2) is 38.4 Å². The molecule has 0 aromatic heterocycles. The maximum absolute atomic E-state index is 12.2. The second kappa shape index (κ2) is 5.17. The molecule has 4 aliphatic carbocycles. The number of rotatable bonds is 1. The van der Waals surface area contributed by atoms with E-state index in [2.05, 4.69) is 13.0 Å². The zero-order chi connectivity index (χ0) is 18.3. The van der Waals surface area contributed by atoms with E-state index >= 15 is 0 Å². The van der Waals surface area contributed by atoms with Gasteiger partial charge in [0.15, 0.2) is 0 Å². The van der Waals surface area contributed by atoms with Gasteiger partial charge < -0.3 is 15.3 Å². The summed E-state index contributed by atoms with van der Waals surface area (Å²) >= 11 is 0. The first-order valence-electron chi connectivity index (χ1n) is 9.91. The van der Waals surface area contributed by atoms with E-state index in [1.807, 2.05) is 6.92 Å². The molecule has 4 aliphatic rings. The Hall–Kier alpha value is -0.710. The van der Waals surface area contributed by atoms with E-state index in [0.29, 0.717) is 25.7 Å². The Labute approximate surface area is 150 Å². The van der Waals surface area contributed by atoms with E-state index in [1.54, 1.807) is 6.92 Å². The molecule has 25 heavy (non-hydrogen) atoms. The maximum atomic E-state index is 12.2. The molecule has 3 saturated carbocycles. The summed E-state index contributed by atoms with van der Waals surface area (Å²) in [4.78, 5) is 12.2. The minimum atomic E-state index is -1.21. The zero-order valence-corrected chi connectivity index (χ0v) is 15.7. The van der Waals surface area contributed by atoms with Crippen molar-refractivity contribution in [3.8, 4) is 0 Å². The third-order valence-corrected chi connectivity index (χ3v) is 8.86. The molecular formula is C21H32O4. The van der Waals surface area contributed by atoms with Gasteiger partial charge in [-0.25, -0.2) is 0 Å². The third-order valence-electron chi connectivity index (χ3n) is 8.86. The van der Waals surface area contributed by atoms with Crippen molar-refractivity contribution in [2.24, 2.45) is 22.7 Å². The Bertz CT molecular complexity index is 642. The molecule has 0 heterocycles. The van der Waals surface area contributed by atoms with Crippen LogP contribution in [0.1, 0.15) is 72.1 Å². The smallest absolute Gasteiger partial charge is 0.133 e. The van der Waals surface area contributed by atoms with Crippen molar-refractivity contribution in [3.63, 3.8) is 0 Å². The fourth-order valence-electron chi connectivity index (χ4n) is 7.33. The highest BCUT2D eigenvalue weighted by atomic mass is 16.4. The van der Waals surface area contributed by atoms with Crippen LogP contribution in [0, 0.1) is 22.7 Å². The Kier molecular flexibility index (Phi) is 3.66. The minimum Gasteiger partial charge on any atom is -0.393 e. The molecule has 140 valence electrons. The van der Waals surface area contributed by atoms with E-state index in [9.17, 15) is 20.1 Å². The van der Waals surface area contributed by atoms with E-state index in [4.69, 9.17) is 0 Å². The van der Waals surface area contributed by atoms with Crippen molar-refractivity contribution in [2.75, 3.05) is 0 Å². The van der Waals surface area contributed by atoms with Gasteiger partial charge in [0.2, 0.25) is 0 Å². The molecule has 0 bridgehead atoms. The molecule has 0 aliphatic heterocycles. The van der Waals surface area contributed by atoms with Crippen molar-refractivity contribution < 1.29 is 20.1 Å². The first-order valence-corrected chi connectivity index (χ1v) is 9.91. The monoisotopic (exact) mass is 348 g/mol. The summed E-state index contributed by atoms with van der Waals surface area (Å²) in [5.41, 5.74) is -1.82. The molecule has 4 rings (SSSR count). The van der Waals surface area contributed by atoms with Crippen LogP contribution in [0.3, 0.4) is 0 Å². The molecule has 0 aromatic rings. The van der Waals surface area contributed by atoms with Crippen molar-refractivity contribution in [3.05, 3.63) is 11.6 Å². The predicted molar refractivity (Wildman–Crippen MR) is 94.8 cm³/mol. The Morgan fingerprint density at radius 2 is 1.84 bits per heavy atom. The average molecular weight is 348 g/mol. The topological polar surface area (TPSA) is 77.8 Å². The number of fused-ring (bicyclic) bond motifs is 5. The van der Waals surface area contributed by atoms with E-state index in [1.165, 1.54) is 5.57 Å². The summed E-state index contributed by atoms with van der Waals surface area (Å²) in [6.45, 7) is 5.86. The molecule has 0 saturated heterocycles. The fraction of sp³-hybridized carbons (Fsp3) is 0.857. The fourth-order valence-corrected chi connectivity index (χ4v) is 7.33. The Morgan fingerprint density at radius 1 is 1.12 bits per heavy atom. The third kappa shape index (κ3) is 1.97. The molecule has 4 nitrogen and oxygen atoms in total. The molecule has 7 atom stereocenters. The van der Waals surface area contributed by atoms with Crippen LogP contribution in [0.2, 0.25) is 0 Å². The van der Waals surface area contributed by atoms with E-state index in [-0.39, 0.29) is 29.1 Å². The average Bonchev–Trinajstić information content (AvgIpc) is 2.82. The lowest BCUT2D eigenvalue weighted by molar-refractivity contribution is -0.271. The highest BCUT2D eigenvalue weighted by Crippen LogP contribution is 2.69. The molecule has 0 amide bonds. The number of carbonyl (C=O) groups is 1. The highest BCUT2D eigenvalue weighted by Gasteiger charge is 2.73. The van der Waals surface area contributed by atoms with Gasteiger partial charge in [-0.2, -0.15) is 0 Å². The predicted octanol–water partition coefficient (Wildman–Crippen LogP) is 2.75. The van der Waals surface area contributed by atoms with Crippen LogP contribution in [0.4, 0.5) is 0 Å². The summed E-state index contributed by atoms with van der Waals surface area (Å²) in [6.07, 6.45) is 7.34. The standard InChI is InChI=1S/C21H32O4/c1-13(22)16-6-11-21(25)19(16,3)9-7-17-18(2)8-5-15(23)12-14(18)4-10-20(17,21)24/h4,15-17,23-25H,5-12H2,1-3H3/t15-,16+,17+,18+,19+,20-,21+/m0/s1. The van der Waals surface area contributed by atoms with Crippen LogP contribution < -0.4 is 0 Å². The van der Waals surface area contributed by atoms with Crippen LogP contribution in [-0.2, 0) is 4.79 Å². The van der Waals surface area contributed by atoms with Crippen molar-refractivity contribution >= 4 is 5.78 Å². The van der Waals surface area contributed by atoms with Crippen LogP contribution in [0.25, 0.3) is 0 Å². The Morgan fingerprint density at radius 3 is 2.52 bits per heavy atom. The van der Waals surface area contributed by atoms with E-state index < -0.39 is 16.6 Å². The summed E-state index contributed by atoms with van der Waals surface area (Å²) < 4.78 is 0. The van der Waals surface area contributed by atoms with Crippen LogP contribution >= 0.6 is 0 Å². The summed E-state index contributed by atoms with van der Waals surface area (Å²) in [5, 5.41) is 33.8. The van der Waals surface area contributed by atoms with Gasteiger partial charge in [-0.3, -0.25) is 4.79 Å². The number of ketones is 1. The van der Waals surface area contributed by atoms with Crippen molar-refractivity contribution in [1.82, 2.24) is 0 Å². The zero-order valence-electron chi connectivity index (χ0n) is 15.7. The number of hydrogen-bond donors (Lipinski definition) is 3. The molecule has 0 spiro atoms. The number of carbonyl (C=O) groups excluding carboxylic acids is 1. The largest absolute Gasteiger partial charge is 0.393 e.